The largest absolute Gasteiger partial charge is 0.352 e. The third kappa shape index (κ3) is 3.86. The Hall–Kier alpha value is -0.980. The number of hydrogen-bond donors (Lipinski definition) is 1. The number of thiazole rings is 1. The smallest absolute Gasteiger partial charge is 0.237 e. The lowest BCUT2D eigenvalue weighted by Crippen LogP contribution is -2.53. The van der Waals surface area contributed by atoms with Gasteiger partial charge in [0.25, 0.3) is 0 Å². The summed E-state index contributed by atoms with van der Waals surface area (Å²) >= 11 is 1.80. The highest BCUT2D eigenvalue weighted by Gasteiger charge is 2.30. The van der Waals surface area contributed by atoms with Crippen molar-refractivity contribution in [2.45, 2.75) is 52.2 Å². The van der Waals surface area contributed by atoms with Crippen molar-refractivity contribution in [2.24, 2.45) is 0 Å². The van der Waals surface area contributed by atoms with Gasteiger partial charge in [-0.1, -0.05) is 0 Å². The maximum absolute atomic E-state index is 12.1. The Balaban J connectivity index is 1.46. The minimum absolute atomic E-state index is 0.00731. The van der Waals surface area contributed by atoms with Crippen LogP contribution in [0.1, 0.15) is 35.3 Å². The molecule has 22 heavy (non-hydrogen) atoms. The van der Waals surface area contributed by atoms with Gasteiger partial charge in [-0.15, -0.1) is 11.3 Å². The highest BCUT2D eigenvalue weighted by Crippen LogP contribution is 2.20. The minimum atomic E-state index is -0.00731. The Morgan fingerprint density at radius 2 is 2.00 bits per heavy atom. The number of carbonyl (C=O) groups excluding carboxylic acids is 1. The lowest BCUT2D eigenvalue weighted by molar-refractivity contribution is -0.126. The topological polar surface area (TPSA) is 48.5 Å². The summed E-state index contributed by atoms with van der Waals surface area (Å²) in [5, 5.41) is 4.32. The molecular weight excluding hydrogens is 296 g/mol. The number of carbonyl (C=O) groups is 1. The molecule has 1 aromatic rings. The van der Waals surface area contributed by atoms with Crippen molar-refractivity contribution in [1.82, 2.24) is 20.1 Å². The van der Waals surface area contributed by atoms with Crippen LogP contribution in [0.25, 0.3) is 0 Å². The van der Waals surface area contributed by atoms with E-state index in [1.807, 2.05) is 6.92 Å². The molecule has 3 rings (SSSR count). The molecule has 2 fully saturated rings. The first-order valence-corrected chi connectivity index (χ1v) is 9.04. The quantitative estimate of drug-likeness (QED) is 0.893. The predicted molar refractivity (Wildman–Crippen MR) is 89.1 cm³/mol. The van der Waals surface area contributed by atoms with Gasteiger partial charge in [0.1, 0.15) is 5.01 Å². The number of rotatable bonds is 5. The second-order valence-corrected chi connectivity index (χ2v) is 7.81. The average Bonchev–Trinajstić information content (AvgIpc) is 3.25. The molecule has 122 valence electrons. The third-order valence-corrected chi connectivity index (χ3v) is 5.75. The highest BCUT2D eigenvalue weighted by molar-refractivity contribution is 7.11. The molecular formula is C16H26N4OS. The summed E-state index contributed by atoms with van der Waals surface area (Å²) in [6, 6.07) is 0.444. The highest BCUT2D eigenvalue weighted by atomic mass is 32.1. The van der Waals surface area contributed by atoms with E-state index < -0.39 is 0 Å². The second-order valence-electron chi connectivity index (χ2n) is 6.52. The van der Waals surface area contributed by atoms with Crippen molar-refractivity contribution in [1.29, 1.82) is 0 Å². The number of hydrogen-bond acceptors (Lipinski definition) is 5. The lowest BCUT2D eigenvalue weighted by Gasteiger charge is -2.37. The van der Waals surface area contributed by atoms with Gasteiger partial charge < -0.3 is 5.32 Å². The molecule has 0 bridgehead atoms. The van der Waals surface area contributed by atoms with E-state index in [2.05, 4.69) is 33.9 Å². The van der Waals surface area contributed by atoms with Crippen LogP contribution in [0.4, 0.5) is 0 Å². The predicted octanol–water partition coefficient (Wildman–Crippen LogP) is 1.54. The monoisotopic (exact) mass is 322 g/mol. The normalized spacial score (nSPS) is 21.8. The summed E-state index contributed by atoms with van der Waals surface area (Å²) in [5.74, 6) is 0.196. The van der Waals surface area contributed by atoms with Gasteiger partial charge in [-0.25, -0.2) is 4.98 Å². The van der Waals surface area contributed by atoms with Crippen LogP contribution in [-0.4, -0.2) is 59.0 Å². The first-order valence-electron chi connectivity index (χ1n) is 8.22. The number of amides is 1. The number of nitrogens with zero attached hydrogens (tertiary/aromatic N) is 3. The van der Waals surface area contributed by atoms with Crippen LogP contribution in [-0.2, 0) is 11.3 Å². The van der Waals surface area contributed by atoms with E-state index in [0.29, 0.717) is 6.04 Å². The van der Waals surface area contributed by atoms with Crippen molar-refractivity contribution < 1.29 is 4.79 Å². The Labute approximate surface area is 136 Å². The molecule has 1 saturated carbocycles. The zero-order valence-corrected chi connectivity index (χ0v) is 14.6. The summed E-state index contributed by atoms with van der Waals surface area (Å²) in [6.45, 7) is 11.1. The first kappa shape index (κ1) is 15.9. The Morgan fingerprint density at radius 3 is 2.55 bits per heavy atom. The van der Waals surface area contributed by atoms with E-state index in [-0.39, 0.29) is 11.9 Å². The van der Waals surface area contributed by atoms with Crippen LogP contribution in [0.5, 0.6) is 0 Å². The maximum atomic E-state index is 12.1. The zero-order chi connectivity index (χ0) is 15.7. The Morgan fingerprint density at radius 1 is 1.32 bits per heavy atom. The number of nitrogens with one attached hydrogen (secondary N) is 1. The van der Waals surface area contributed by atoms with E-state index in [1.54, 1.807) is 11.3 Å². The van der Waals surface area contributed by atoms with Crippen LogP contribution in [0, 0.1) is 13.8 Å². The third-order valence-electron chi connectivity index (χ3n) is 4.69. The molecule has 1 amide bonds. The van der Waals surface area contributed by atoms with Gasteiger partial charge in [-0.3, -0.25) is 14.6 Å². The summed E-state index contributed by atoms with van der Waals surface area (Å²) in [4.78, 5) is 22.8. The van der Waals surface area contributed by atoms with E-state index in [4.69, 9.17) is 0 Å². The zero-order valence-electron chi connectivity index (χ0n) is 13.8. The van der Waals surface area contributed by atoms with Gasteiger partial charge in [0.15, 0.2) is 0 Å². The molecule has 2 aliphatic rings. The fraction of sp³-hybridized carbons (Fsp3) is 0.750. The molecule has 0 unspecified atom stereocenters. The Bertz CT molecular complexity index is 513. The van der Waals surface area contributed by atoms with Gasteiger partial charge in [0, 0.05) is 37.1 Å². The van der Waals surface area contributed by atoms with E-state index in [1.165, 1.54) is 9.88 Å². The first-order chi connectivity index (χ1) is 10.5. The SMILES string of the molecule is Cc1nc(CN2CCN([C@@H](C)C(=O)NC3CC3)CC2)sc1C. The molecule has 1 aliphatic heterocycles. The molecule has 1 N–H and O–H groups in total. The summed E-state index contributed by atoms with van der Waals surface area (Å²) in [6.07, 6.45) is 2.30. The molecule has 0 radical (unpaired) electrons. The molecule has 1 aliphatic carbocycles. The van der Waals surface area contributed by atoms with Crippen molar-refractivity contribution in [3.8, 4) is 0 Å². The summed E-state index contributed by atoms with van der Waals surface area (Å²) in [7, 11) is 0. The van der Waals surface area contributed by atoms with Crippen molar-refractivity contribution in [2.75, 3.05) is 26.2 Å². The van der Waals surface area contributed by atoms with Crippen LogP contribution in [0.3, 0.4) is 0 Å². The van der Waals surface area contributed by atoms with Gasteiger partial charge in [-0.05, 0) is 33.6 Å². The maximum Gasteiger partial charge on any atom is 0.237 e. The number of piperazine rings is 1. The molecule has 0 spiro atoms. The molecule has 5 nitrogen and oxygen atoms in total. The van der Waals surface area contributed by atoms with Gasteiger partial charge in [0.2, 0.25) is 5.91 Å². The minimum Gasteiger partial charge on any atom is -0.352 e. The van der Waals surface area contributed by atoms with E-state index in [0.717, 1.165) is 51.3 Å². The summed E-state index contributed by atoms with van der Waals surface area (Å²) in [5.41, 5.74) is 1.16. The number of aryl methyl sites for hydroxylation is 2. The fourth-order valence-electron chi connectivity index (χ4n) is 2.82. The molecule has 1 aromatic heterocycles. The van der Waals surface area contributed by atoms with E-state index in [9.17, 15) is 4.79 Å². The molecule has 2 heterocycles. The van der Waals surface area contributed by atoms with Crippen molar-refractivity contribution in [3.05, 3.63) is 15.6 Å². The standard InChI is InChI=1S/C16H26N4OS/c1-11-13(3)22-15(17-11)10-19-6-8-20(9-7-19)12(2)16(21)18-14-4-5-14/h12,14H,4-10H2,1-3H3,(H,18,21)/t12-/m0/s1. The Kier molecular flexibility index (Phi) is 4.80. The molecule has 1 atom stereocenters. The lowest BCUT2D eigenvalue weighted by atomic mass is 10.2. The van der Waals surface area contributed by atoms with Crippen molar-refractivity contribution in [3.63, 3.8) is 0 Å². The van der Waals surface area contributed by atoms with Gasteiger partial charge >= 0.3 is 0 Å². The van der Waals surface area contributed by atoms with Crippen molar-refractivity contribution >= 4 is 17.2 Å². The molecule has 1 saturated heterocycles. The second kappa shape index (κ2) is 6.64. The van der Waals surface area contributed by atoms with Crippen LogP contribution >= 0.6 is 11.3 Å². The summed E-state index contributed by atoms with van der Waals surface area (Å²) < 4.78 is 0. The van der Waals surface area contributed by atoms with Gasteiger partial charge in [0.05, 0.1) is 18.3 Å². The van der Waals surface area contributed by atoms with Crippen LogP contribution < -0.4 is 5.32 Å². The fourth-order valence-corrected chi connectivity index (χ4v) is 3.80. The van der Waals surface area contributed by atoms with E-state index >= 15 is 0 Å². The van der Waals surface area contributed by atoms with Crippen LogP contribution in [0.15, 0.2) is 0 Å². The molecule has 6 heteroatoms. The average molecular weight is 322 g/mol. The number of aromatic nitrogens is 1. The van der Waals surface area contributed by atoms with Gasteiger partial charge in [-0.2, -0.15) is 0 Å². The molecule has 0 aromatic carbocycles. The van der Waals surface area contributed by atoms with Crippen LogP contribution in [0.2, 0.25) is 0 Å².